The molecule has 2 aliphatic heterocycles. The summed E-state index contributed by atoms with van der Waals surface area (Å²) >= 11 is 6.21. The lowest BCUT2D eigenvalue weighted by molar-refractivity contribution is -0.118. The number of benzene rings is 2. The highest BCUT2D eigenvalue weighted by Crippen LogP contribution is 2.41. The number of rotatable bonds is 11. The standard InChI is InChI=1S/C37H50ClFN6O6S/c1-5-50-29-18-13-25(14-19-29)33(24-11-15-26(38)16-12-24)34(42-43-40)35(46)41-32-10-6-9-31(39)30(32)20-17-28-22-44(36(47)51-37(2,3)4)27-8-7-21-52(48,49)45(28)23-27/h6,9-12,15-16,25,27-29,33-34H,5,7-8,13-14,17-23H2,1-4H3,(H,41,46)/t25-,27-,28+,29-,33+,34+/m1/s1. The van der Waals surface area contributed by atoms with E-state index in [0.29, 0.717) is 24.5 Å². The van der Waals surface area contributed by atoms with Crippen LogP contribution in [0, 0.1) is 11.7 Å². The van der Waals surface area contributed by atoms with Gasteiger partial charge in [0.1, 0.15) is 17.5 Å². The fourth-order valence-electron chi connectivity index (χ4n) is 7.95. The second kappa shape index (κ2) is 17.2. The van der Waals surface area contributed by atoms with E-state index in [1.807, 2.05) is 19.1 Å². The van der Waals surface area contributed by atoms with Gasteiger partial charge in [-0.15, -0.1) is 0 Å². The molecule has 284 valence electrons. The summed E-state index contributed by atoms with van der Waals surface area (Å²) in [6, 6.07) is 9.41. The molecule has 1 saturated carbocycles. The first-order valence-corrected chi connectivity index (χ1v) is 20.2. The van der Waals surface area contributed by atoms with E-state index in [1.165, 1.54) is 16.4 Å². The van der Waals surface area contributed by atoms with E-state index in [-0.39, 0.29) is 61.0 Å². The van der Waals surface area contributed by atoms with Crippen molar-refractivity contribution in [2.24, 2.45) is 11.0 Å². The van der Waals surface area contributed by atoms with Gasteiger partial charge in [-0.25, -0.2) is 17.6 Å². The van der Waals surface area contributed by atoms with Crippen molar-refractivity contribution in [1.29, 1.82) is 0 Å². The van der Waals surface area contributed by atoms with Gasteiger partial charge < -0.3 is 19.7 Å². The van der Waals surface area contributed by atoms with E-state index < -0.39 is 51.4 Å². The molecule has 3 aliphatic rings. The number of ether oxygens (including phenoxy) is 2. The highest BCUT2D eigenvalue weighted by atomic mass is 35.5. The largest absolute Gasteiger partial charge is 0.444 e. The molecule has 1 unspecified atom stereocenters. The van der Waals surface area contributed by atoms with Gasteiger partial charge in [0.15, 0.2) is 0 Å². The molecule has 0 spiro atoms. The van der Waals surface area contributed by atoms with Crippen LogP contribution in [0.25, 0.3) is 10.4 Å². The van der Waals surface area contributed by atoms with Crippen LogP contribution in [-0.2, 0) is 30.7 Å². The molecule has 52 heavy (non-hydrogen) atoms. The summed E-state index contributed by atoms with van der Waals surface area (Å²) in [6.45, 7) is 8.16. The second-order valence-electron chi connectivity index (χ2n) is 15.0. The minimum atomic E-state index is -3.61. The summed E-state index contributed by atoms with van der Waals surface area (Å²) in [5, 5.41) is 7.42. The monoisotopic (exact) mass is 760 g/mol. The summed E-state index contributed by atoms with van der Waals surface area (Å²) < 4.78 is 55.3. The molecule has 3 fully saturated rings. The molecule has 1 aliphatic carbocycles. The topological polar surface area (TPSA) is 154 Å². The van der Waals surface area contributed by atoms with Gasteiger partial charge in [0.2, 0.25) is 15.9 Å². The Labute approximate surface area is 311 Å². The number of halogens is 2. The predicted molar refractivity (Wildman–Crippen MR) is 198 cm³/mol. The lowest BCUT2D eigenvalue weighted by Gasteiger charge is -2.44. The van der Waals surface area contributed by atoms with Crippen LogP contribution < -0.4 is 5.32 Å². The lowest BCUT2D eigenvalue weighted by Crippen LogP contribution is -2.60. The van der Waals surface area contributed by atoms with Crippen LogP contribution >= 0.6 is 11.6 Å². The third-order valence-electron chi connectivity index (χ3n) is 10.3. The SMILES string of the molecule is CCO[C@H]1CC[C@H]([C@H](c2ccc(Cl)cc2)[C@H](N=[N+]=[N-])C(=O)Nc2cccc(F)c2CC[C@H]2CN(C(=O)OC(C)(C)C)[C@@H]3CCCS(=O)(=O)N2C3)CC1. The number of hydrogen-bond donors (Lipinski definition) is 1. The molecule has 2 bridgehead atoms. The van der Waals surface area contributed by atoms with E-state index in [9.17, 15) is 23.5 Å². The number of carbonyl (C=O) groups excluding carboxylic acids is 2. The number of anilines is 1. The molecule has 2 aromatic rings. The van der Waals surface area contributed by atoms with Gasteiger partial charge in [-0.1, -0.05) is 34.9 Å². The quantitative estimate of drug-likeness (QED) is 0.140. The van der Waals surface area contributed by atoms with Crippen molar-refractivity contribution in [1.82, 2.24) is 9.21 Å². The number of azide groups is 1. The molecule has 2 amide bonds. The van der Waals surface area contributed by atoms with Crippen LogP contribution in [0.3, 0.4) is 0 Å². The first kappa shape index (κ1) is 39.8. The minimum Gasteiger partial charge on any atom is -0.444 e. The van der Waals surface area contributed by atoms with Crippen LogP contribution in [0.4, 0.5) is 14.9 Å². The first-order valence-electron chi connectivity index (χ1n) is 18.2. The first-order chi connectivity index (χ1) is 24.7. The summed E-state index contributed by atoms with van der Waals surface area (Å²) in [7, 11) is -3.61. The summed E-state index contributed by atoms with van der Waals surface area (Å²) in [5.41, 5.74) is 10.1. The molecule has 1 N–H and O–H groups in total. The van der Waals surface area contributed by atoms with Crippen LogP contribution in [0.5, 0.6) is 0 Å². The molecule has 2 saturated heterocycles. The highest BCUT2D eigenvalue weighted by molar-refractivity contribution is 7.89. The Morgan fingerprint density at radius 1 is 1.10 bits per heavy atom. The minimum absolute atomic E-state index is 0.00438. The van der Waals surface area contributed by atoms with Gasteiger partial charge in [-0.05, 0) is 120 Å². The van der Waals surface area contributed by atoms with E-state index in [4.69, 9.17) is 21.1 Å². The van der Waals surface area contributed by atoms with Crippen LogP contribution in [0.15, 0.2) is 47.6 Å². The van der Waals surface area contributed by atoms with Crippen molar-refractivity contribution in [2.75, 3.05) is 30.8 Å². The van der Waals surface area contributed by atoms with E-state index >= 15 is 4.39 Å². The molecule has 5 rings (SSSR count). The maximum absolute atomic E-state index is 15.6. The number of nitrogens with zero attached hydrogens (tertiary/aromatic N) is 5. The maximum Gasteiger partial charge on any atom is 0.410 e. The van der Waals surface area contributed by atoms with Gasteiger partial charge in [-0.2, -0.15) is 4.31 Å². The molecule has 5 atom stereocenters. The fourth-order valence-corrected chi connectivity index (χ4v) is 9.86. The summed E-state index contributed by atoms with van der Waals surface area (Å²) in [6.07, 6.45) is 3.95. The molecule has 0 aromatic heterocycles. The molecule has 2 heterocycles. The van der Waals surface area contributed by atoms with Gasteiger partial charge in [0.25, 0.3) is 0 Å². The molecule has 0 radical (unpaired) electrons. The van der Waals surface area contributed by atoms with E-state index in [2.05, 4.69) is 15.3 Å². The molecular formula is C37H50ClFN6O6S. The maximum atomic E-state index is 15.6. The van der Waals surface area contributed by atoms with Crippen molar-refractivity contribution in [3.8, 4) is 0 Å². The van der Waals surface area contributed by atoms with Crippen molar-refractivity contribution < 1.29 is 31.9 Å². The average molecular weight is 761 g/mol. The van der Waals surface area contributed by atoms with E-state index in [1.54, 1.807) is 43.9 Å². The fraction of sp³-hybridized carbons (Fsp3) is 0.622. The molecule has 2 aromatic carbocycles. The zero-order valence-electron chi connectivity index (χ0n) is 30.3. The molecule has 15 heteroatoms. The zero-order valence-corrected chi connectivity index (χ0v) is 31.9. The van der Waals surface area contributed by atoms with Gasteiger partial charge in [0.05, 0.1) is 11.9 Å². The van der Waals surface area contributed by atoms with Crippen LogP contribution in [0.1, 0.15) is 89.7 Å². The number of amides is 2. The number of carbonyl (C=O) groups is 2. The molecular weight excluding hydrogens is 711 g/mol. The summed E-state index contributed by atoms with van der Waals surface area (Å²) in [4.78, 5) is 32.1. The van der Waals surface area contributed by atoms with Crippen molar-refractivity contribution in [2.45, 2.75) is 115 Å². The van der Waals surface area contributed by atoms with Crippen LogP contribution in [-0.4, -0.2) is 84.9 Å². The zero-order chi connectivity index (χ0) is 37.6. The Kier molecular flexibility index (Phi) is 13.1. The van der Waals surface area contributed by atoms with Gasteiger partial charge in [0, 0.05) is 58.9 Å². The average Bonchev–Trinajstić information content (AvgIpc) is 3.21. The normalized spacial score (nSPS) is 25.6. The summed E-state index contributed by atoms with van der Waals surface area (Å²) in [5.74, 6) is -1.66. The van der Waals surface area contributed by atoms with Crippen molar-refractivity contribution in [3.63, 3.8) is 0 Å². The van der Waals surface area contributed by atoms with Gasteiger partial charge >= 0.3 is 6.09 Å². The smallest absolute Gasteiger partial charge is 0.410 e. The Bertz CT molecular complexity index is 1730. The van der Waals surface area contributed by atoms with Crippen molar-refractivity contribution >= 4 is 39.3 Å². The Hall–Kier alpha value is -3.42. The Morgan fingerprint density at radius 2 is 1.81 bits per heavy atom. The number of sulfonamides is 1. The van der Waals surface area contributed by atoms with E-state index in [0.717, 1.165) is 31.2 Å². The number of fused-ring (bicyclic) bond motifs is 2. The highest BCUT2D eigenvalue weighted by Gasteiger charge is 2.44. The number of nitrogens with one attached hydrogen (secondary N) is 1. The Balaban J connectivity index is 1.39. The van der Waals surface area contributed by atoms with Gasteiger partial charge in [-0.3, -0.25) is 4.79 Å². The predicted octanol–water partition coefficient (Wildman–Crippen LogP) is 7.82. The molecule has 12 nitrogen and oxygen atoms in total. The van der Waals surface area contributed by atoms with Crippen molar-refractivity contribution in [3.05, 3.63) is 74.9 Å². The second-order valence-corrected chi connectivity index (χ2v) is 17.5. The number of hydrogen-bond acceptors (Lipinski definition) is 7. The Morgan fingerprint density at radius 3 is 2.46 bits per heavy atom. The lowest BCUT2D eigenvalue weighted by atomic mass is 9.72. The third-order valence-corrected chi connectivity index (χ3v) is 12.6. The number of piperazine rings is 1. The third kappa shape index (κ3) is 9.76. The van der Waals surface area contributed by atoms with Crippen LogP contribution in [0.2, 0.25) is 5.02 Å².